The Labute approximate surface area is 64.5 Å². The van der Waals surface area contributed by atoms with E-state index in [-0.39, 0.29) is 5.57 Å². The molecule has 0 aliphatic carbocycles. The maximum Gasteiger partial charge on any atom is 0.331 e. The Kier molecular flexibility index (Phi) is 7.21. The Bertz CT molecular complexity index is 171. The van der Waals surface area contributed by atoms with Crippen molar-refractivity contribution in [1.82, 2.24) is 0 Å². The van der Waals surface area contributed by atoms with E-state index in [1.807, 2.05) is 0 Å². The average Bonchev–Trinajstić information content (AvgIpc) is 1.90. The summed E-state index contributed by atoms with van der Waals surface area (Å²) in [6.45, 7) is 9.01. The van der Waals surface area contributed by atoms with Crippen molar-refractivity contribution < 1.29 is 19.8 Å². The second kappa shape index (κ2) is 6.54. The Morgan fingerprint density at radius 1 is 1.18 bits per heavy atom. The molecule has 0 bridgehead atoms. The van der Waals surface area contributed by atoms with Crippen molar-refractivity contribution in [2.24, 2.45) is 0 Å². The van der Waals surface area contributed by atoms with E-state index < -0.39 is 18.4 Å². The molecule has 0 heterocycles. The summed E-state index contributed by atoms with van der Waals surface area (Å²) >= 11 is 0. The molecule has 2 N–H and O–H groups in total. The third-order valence-electron chi connectivity index (χ3n) is 0.667. The van der Waals surface area contributed by atoms with Gasteiger partial charge in [0.2, 0.25) is 0 Å². The summed E-state index contributed by atoms with van der Waals surface area (Å²) in [5.41, 5.74) is -0.303. The molecule has 0 rings (SSSR count). The minimum Gasteiger partial charge on any atom is -0.481 e. The molecule has 0 aromatic carbocycles. The van der Waals surface area contributed by atoms with Gasteiger partial charge in [0, 0.05) is 5.57 Å². The van der Waals surface area contributed by atoms with Crippen LogP contribution in [0.25, 0.3) is 0 Å². The fourth-order valence-corrected chi connectivity index (χ4v) is 0.258. The molecule has 62 valence electrons. The van der Waals surface area contributed by atoms with Crippen molar-refractivity contribution in [2.45, 2.75) is 6.42 Å². The van der Waals surface area contributed by atoms with Gasteiger partial charge < -0.3 is 10.2 Å². The predicted molar refractivity (Wildman–Crippen MR) is 40.3 cm³/mol. The summed E-state index contributed by atoms with van der Waals surface area (Å²) in [7, 11) is 0. The van der Waals surface area contributed by atoms with E-state index in [0.29, 0.717) is 0 Å². The van der Waals surface area contributed by atoms with Crippen LogP contribution in [-0.4, -0.2) is 22.2 Å². The molecule has 11 heavy (non-hydrogen) atoms. The van der Waals surface area contributed by atoms with E-state index in [4.69, 9.17) is 10.2 Å². The second-order valence-electron chi connectivity index (χ2n) is 1.48. The maximum atomic E-state index is 9.87. The summed E-state index contributed by atoms with van der Waals surface area (Å²) in [6.07, 6.45) is -0.505. The number of aliphatic carboxylic acids is 2. The normalized spacial score (nSPS) is 7.27. The first-order valence-electron chi connectivity index (χ1n) is 2.67. The van der Waals surface area contributed by atoms with Crippen LogP contribution in [0.1, 0.15) is 6.42 Å². The van der Waals surface area contributed by atoms with Gasteiger partial charge in [-0.15, -0.1) is 13.2 Å². The van der Waals surface area contributed by atoms with Gasteiger partial charge in [-0.1, -0.05) is 6.58 Å². The second-order valence-corrected chi connectivity index (χ2v) is 1.48. The highest BCUT2D eigenvalue weighted by atomic mass is 16.4. The SMILES string of the molecule is C=C.C=C(CC(=O)O)C(=O)O. The standard InChI is InChI=1S/C5H6O4.C2H4/c1-3(5(8)9)2-4(6)7;1-2/h1-2H2,(H,6,7)(H,8,9);1-2H2. The lowest BCUT2D eigenvalue weighted by Crippen LogP contribution is -2.04. The van der Waals surface area contributed by atoms with Crippen molar-refractivity contribution in [3.63, 3.8) is 0 Å². The Balaban J connectivity index is 0. The Hall–Kier alpha value is -1.58. The summed E-state index contributed by atoms with van der Waals surface area (Å²) < 4.78 is 0. The lowest BCUT2D eigenvalue weighted by molar-refractivity contribution is -0.139. The molecule has 0 atom stereocenters. The number of carboxylic acids is 2. The maximum absolute atomic E-state index is 9.87. The molecular weight excluding hydrogens is 148 g/mol. The first-order chi connectivity index (χ1) is 5.04. The summed E-state index contributed by atoms with van der Waals surface area (Å²) in [5, 5.41) is 16.1. The van der Waals surface area contributed by atoms with Crippen LogP contribution in [0.5, 0.6) is 0 Å². The molecule has 0 aliphatic heterocycles. The molecule has 0 aliphatic rings. The predicted octanol–water partition coefficient (Wildman–Crippen LogP) is 0.904. The van der Waals surface area contributed by atoms with Crippen LogP contribution in [0.4, 0.5) is 0 Å². The van der Waals surface area contributed by atoms with Gasteiger partial charge in [0.25, 0.3) is 0 Å². The van der Waals surface area contributed by atoms with Gasteiger partial charge in [-0.05, 0) is 0 Å². The number of carbonyl (C=O) groups is 2. The highest BCUT2D eigenvalue weighted by Crippen LogP contribution is 1.95. The number of hydrogen-bond donors (Lipinski definition) is 2. The molecular formula is C7H10O4. The number of carboxylic acid groups (broad SMARTS) is 2. The highest BCUT2D eigenvalue weighted by Gasteiger charge is 2.07. The zero-order valence-corrected chi connectivity index (χ0v) is 6.04. The van der Waals surface area contributed by atoms with E-state index >= 15 is 0 Å². The fraction of sp³-hybridized carbons (Fsp3) is 0.143. The van der Waals surface area contributed by atoms with E-state index in [9.17, 15) is 9.59 Å². The van der Waals surface area contributed by atoms with E-state index in [1.54, 1.807) is 0 Å². The van der Waals surface area contributed by atoms with Gasteiger partial charge >= 0.3 is 11.9 Å². The van der Waals surface area contributed by atoms with Crippen LogP contribution >= 0.6 is 0 Å². The molecule has 0 spiro atoms. The van der Waals surface area contributed by atoms with E-state index in [1.165, 1.54) is 0 Å². The molecule has 0 amide bonds. The molecule has 0 aromatic rings. The van der Waals surface area contributed by atoms with Crippen molar-refractivity contribution >= 4 is 11.9 Å². The molecule has 0 aromatic heterocycles. The average molecular weight is 158 g/mol. The Morgan fingerprint density at radius 2 is 1.55 bits per heavy atom. The van der Waals surface area contributed by atoms with Crippen LogP contribution in [0.2, 0.25) is 0 Å². The third-order valence-corrected chi connectivity index (χ3v) is 0.667. The van der Waals surface area contributed by atoms with E-state index in [0.717, 1.165) is 0 Å². The molecule has 4 nitrogen and oxygen atoms in total. The minimum atomic E-state index is -1.27. The lowest BCUT2D eigenvalue weighted by Gasteiger charge is -1.91. The molecule has 4 heteroatoms. The van der Waals surface area contributed by atoms with Gasteiger partial charge in [0.1, 0.15) is 0 Å². The first kappa shape index (κ1) is 12.1. The van der Waals surface area contributed by atoms with Crippen LogP contribution in [0.15, 0.2) is 25.3 Å². The minimum absolute atomic E-state index is 0.303. The van der Waals surface area contributed by atoms with Crippen LogP contribution < -0.4 is 0 Å². The van der Waals surface area contributed by atoms with E-state index in [2.05, 4.69) is 19.7 Å². The van der Waals surface area contributed by atoms with Crippen LogP contribution in [0, 0.1) is 0 Å². The van der Waals surface area contributed by atoms with Crippen LogP contribution in [0.3, 0.4) is 0 Å². The number of hydrogen-bond acceptors (Lipinski definition) is 2. The van der Waals surface area contributed by atoms with Crippen molar-refractivity contribution in [2.75, 3.05) is 0 Å². The third kappa shape index (κ3) is 8.42. The fourth-order valence-electron chi connectivity index (χ4n) is 0.258. The smallest absolute Gasteiger partial charge is 0.331 e. The van der Waals surface area contributed by atoms with Crippen molar-refractivity contribution in [3.05, 3.63) is 25.3 Å². The summed E-state index contributed by atoms with van der Waals surface area (Å²) in [5.74, 6) is -2.44. The molecule has 0 unspecified atom stereocenters. The van der Waals surface area contributed by atoms with Crippen molar-refractivity contribution in [1.29, 1.82) is 0 Å². The lowest BCUT2D eigenvalue weighted by atomic mass is 10.2. The van der Waals surface area contributed by atoms with Gasteiger partial charge in [0.05, 0.1) is 6.42 Å². The zero-order chi connectivity index (χ0) is 9.44. The quantitative estimate of drug-likeness (QED) is 0.472. The first-order valence-corrected chi connectivity index (χ1v) is 2.67. The monoisotopic (exact) mass is 158 g/mol. The largest absolute Gasteiger partial charge is 0.481 e. The molecule has 0 saturated heterocycles. The van der Waals surface area contributed by atoms with Gasteiger partial charge in [-0.2, -0.15) is 0 Å². The highest BCUT2D eigenvalue weighted by molar-refractivity contribution is 5.91. The molecule has 0 radical (unpaired) electrons. The van der Waals surface area contributed by atoms with Crippen molar-refractivity contribution in [3.8, 4) is 0 Å². The van der Waals surface area contributed by atoms with Gasteiger partial charge in [-0.25, -0.2) is 4.79 Å². The summed E-state index contributed by atoms with van der Waals surface area (Å²) in [4.78, 5) is 19.7. The molecule has 0 saturated carbocycles. The van der Waals surface area contributed by atoms with Crippen LogP contribution in [-0.2, 0) is 9.59 Å². The van der Waals surface area contributed by atoms with Gasteiger partial charge in [0.15, 0.2) is 0 Å². The topological polar surface area (TPSA) is 74.6 Å². The van der Waals surface area contributed by atoms with Gasteiger partial charge in [-0.3, -0.25) is 4.79 Å². The Morgan fingerprint density at radius 3 is 1.64 bits per heavy atom. The summed E-state index contributed by atoms with van der Waals surface area (Å²) in [6, 6.07) is 0. The molecule has 0 fully saturated rings. The zero-order valence-electron chi connectivity index (χ0n) is 6.04. The number of rotatable bonds is 3.